The van der Waals surface area contributed by atoms with Gasteiger partial charge in [0.05, 0.1) is 18.7 Å². The first-order valence-corrected chi connectivity index (χ1v) is 14.7. The van der Waals surface area contributed by atoms with Gasteiger partial charge < -0.3 is 24.8 Å². The van der Waals surface area contributed by atoms with Crippen LogP contribution in [0.4, 0.5) is 5.82 Å². The highest BCUT2D eigenvalue weighted by molar-refractivity contribution is 5.99. The number of hydrogen-bond acceptors (Lipinski definition) is 6. The maximum atomic E-state index is 13.7. The van der Waals surface area contributed by atoms with E-state index in [2.05, 4.69) is 10.4 Å². The molecule has 3 aromatic rings. The number of nitrogens with zero attached hydrogens (tertiary/aromatic N) is 3. The monoisotopic (exact) mass is 572 g/mol. The van der Waals surface area contributed by atoms with Crippen molar-refractivity contribution in [3.8, 4) is 11.5 Å². The van der Waals surface area contributed by atoms with Crippen LogP contribution in [0.15, 0.2) is 78.7 Å². The van der Waals surface area contributed by atoms with Gasteiger partial charge in [0.25, 0.3) is 5.91 Å². The molecule has 222 valence electrons. The summed E-state index contributed by atoms with van der Waals surface area (Å²) in [5.41, 5.74) is 0.0988. The molecule has 0 unspecified atom stereocenters. The minimum Gasteiger partial charge on any atom is -0.485 e. The summed E-state index contributed by atoms with van der Waals surface area (Å²) >= 11 is 0. The van der Waals surface area contributed by atoms with Gasteiger partial charge in [-0.1, -0.05) is 74.6 Å². The van der Waals surface area contributed by atoms with Gasteiger partial charge in [-0.2, -0.15) is 5.10 Å². The van der Waals surface area contributed by atoms with E-state index in [0.717, 1.165) is 31.2 Å². The molecule has 1 aliphatic carbocycles. The van der Waals surface area contributed by atoms with Gasteiger partial charge >= 0.3 is 0 Å². The third-order valence-corrected chi connectivity index (χ3v) is 7.62. The van der Waals surface area contributed by atoms with Gasteiger partial charge in [-0.3, -0.25) is 14.3 Å². The fourth-order valence-corrected chi connectivity index (χ4v) is 5.60. The number of anilines is 1. The first-order chi connectivity index (χ1) is 20.2. The molecule has 2 heterocycles. The van der Waals surface area contributed by atoms with Crippen molar-refractivity contribution in [2.24, 2.45) is 5.92 Å². The molecule has 0 spiro atoms. The average molecular weight is 573 g/mol. The van der Waals surface area contributed by atoms with Gasteiger partial charge in [0.15, 0.2) is 17.3 Å². The maximum Gasteiger partial charge on any atom is 0.251 e. The van der Waals surface area contributed by atoms with E-state index >= 15 is 0 Å². The summed E-state index contributed by atoms with van der Waals surface area (Å²) in [5, 5.41) is 17.4. The smallest absolute Gasteiger partial charge is 0.251 e. The maximum absolute atomic E-state index is 13.7. The summed E-state index contributed by atoms with van der Waals surface area (Å²) in [6, 6.07) is 18.3. The minimum absolute atomic E-state index is 0.184. The Bertz CT molecular complexity index is 1390. The van der Waals surface area contributed by atoms with E-state index < -0.39 is 11.6 Å². The Kier molecular flexibility index (Phi) is 9.27. The van der Waals surface area contributed by atoms with E-state index in [0.29, 0.717) is 48.6 Å². The number of ether oxygens (including phenoxy) is 2. The zero-order chi connectivity index (χ0) is 29.5. The van der Waals surface area contributed by atoms with Crippen molar-refractivity contribution >= 4 is 17.6 Å². The van der Waals surface area contributed by atoms with Crippen LogP contribution in [0.5, 0.6) is 11.5 Å². The molecule has 1 aromatic heterocycles. The van der Waals surface area contributed by atoms with Crippen molar-refractivity contribution < 1.29 is 24.2 Å². The Morgan fingerprint density at radius 2 is 1.76 bits per heavy atom. The van der Waals surface area contributed by atoms with Crippen LogP contribution in [0.2, 0.25) is 0 Å². The van der Waals surface area contributed by atoms with Crippen LogP contribution in [0.25, 0.3) is 0 Å². The molecule has 2 aliphatic rings. The molecule has 1 fully saturated rings. The normalized spacial score (nSPS) is 16.7. The number of nitrogens with one attached hydrogen (secondary N) is 1. The van der Waals surface area contributed by atoms with Crippen molar-refractivity contribution in [3.63, 3.8) is 0 Å². The fourth-order valence-electron chi connectivity index (χ4n) is 5.60. The van der Waals surface area contributed by atoms with E-state index in [9.17, 15) is 14.7 Å². The minimum atomic E-state index is -0.938. The number of carbonyl (C=O) groups excluding carboxylic acids is 2. The third kappa shape index (κ3) is 8.00. The number of aromatic nitrogens is 2. The van der Waals surface area contributed by atoms with Gasteiger partial charge in [0.1, 0.15) is 18.4 Å². The number of aliphatic hydroxyl groups is 1. The van der Waals surface area contributed by atoms with Gasteiger partial charge in [-0.05, 0) is 43.9 Å². The van der Waals surface area contributed by atoms with Gasteiger partial charge in [0.2, 0.25) is 5.91 Å². The standard InChI is InChI=1S/C33H40N4O5/c1-33(2,40)23-36-18-17-30(35-36)34-32(39)27(19-24-11-5-3-6-12-24)37-21-26(20-31(37)38)42-29-16-10-9-15-28(29)41-22-25-13-7-4-8-14-25/h4,7-10,13-18,20,24,27,40H,3,5-6,11-12,19,21-23H2,1-2H3,(H,34,35,39)/t27-/m0/s1. The topological polar surface area (TPSA) is 106 Å². The fraction of sp³-hybridized carbons (Fsp3) is 0.424. The number of hydrogen-bond donors (Lipinski definition) is 2. The molecule has 5 rings (SSSR count). The molecule has 1 aliphatic heterocycles. The summed E-state index contributed by atoms with van der Waals surface area (Å²) in [7, 11) is 0. The van der Waals surface area contributed by atoms with Crippen LogP contribution in [-0.4, -0.2) is 49.8 Å². The van der Waals surface area contributed by atoms with Gasteiger partial charge in [-0.15, -0.1) is 0 Å². The lowest BCUT2D eigenvalue weighted by Gasteiger charge is -2.31. The van der Waals surface area contributed by atoms with Crippen molar-refractivity contribution in [3.05, 3.63) is 84.3 Å². The van der Waals surface area contributed by atoms with Crippen molar-refractivity contribution in [1.29, 1.82) is 0 Å². The lowest BCUT2D eigenvalue weighted by Crippen LogP contribution is -2.46. The van der Waals surface area contributed by atoms with Crippen LogP contribution < -0.4 is 14.8 Å². The first kappa shape index (κ1) is 29.4. The Morgan fingerprint density at radius 3 is 2.50 bits per heavy atom. The largest absolute Gasteiger partial charge is 0.485 e. The third-order valence-electron chi connectivity index (χ3n) is 7.62. The molecule has 9 heteroatoms. The second-order valence-corrected chi connectivity index (χ2v) is 11.9. The Morgan fingerprint density at radius 1 is 1.05 bits per heavy atom. The van der Waals surface area contributed by atoms with Crippen LogP contribution in [0, 0.1) is 5.92 Å². The highest BCUT2D eigenvalue weighted by atomic mass is 16.5. The number of carbonyl (C=O) groups is 2. The first-order valence-electron chi connectivity index (χ1n) is 14.7. The summed E-state index contributed by atoms with van der Waals surface area (Å²) < 4.78 is 13.8. The summed E-state index contributed by atoms with van der Waals surface area (Å²) in [6.45, 7) is 4.27. The summed E-state index contributed by atoms with van der Waals surface area (Å²) in [4.78, 5) is 28.5. The molecular weight excluding hydrogens is 532 g/mol. The lowest BCUT2D eigenvalue weighted by atomic mass is 9.84. The molecule has 9 nitrogen and oxygen atoms in total. The van der Waals surface area contributed by atoms with Crippen LogP contribution in [0.3, 0.4) is 0 Å². The summed E-state index contributed by atoms with van der Waals surface area (Å²) in [5.74, 6) is 1.78. The summed E-state index contributed by atoms with van der Waals surface area (Å²) in [6.07, 6.45) is 9.35. The lowest BCUT2D eigenvalue weighted by molar-refractivity contribution is -0.134. The molecule has 0 radical (unpaired) electrons. The number of para-hydroxylation sites is 2. The average Bonchev–Trinajstić information content (AvgIpc) is 3.56. The highest BCUT2D eigenvalue weighted by Gasteiger charge is 2.36. The van der Waals surface area contributed by atoms with Crippen molar-refractivity contribution in [1.82, 2.24) is 14.7 Å². The zero-order valence-corrected chi connectivity index (χ0v) is 24.4. The van der Waals surface area contributed by atoms with Gasteiger partial charge in [-0.25, -0.2) is 0 Å². The quantitative estimate of drug-likeness (QED) is 0.305. The van der Waals surface area contributed by atoms with E-state index in [4.69, 9.17) is 9.47 Å². The zero-order valence-electron chi connectivity index (χ0n) is 24.4. The molecule has 0 saturated heterocycles. The molecule has 2 N–H and O–H groups in total. The second-order valence-electron chi connectivity index (χ2n) is 11.9. The number of benzene rings is 2. The Hall–Kier alpha value is -4.11. The molecular formula is C33H40N4O5. The predicted molar refractivity (Wildman–Crippen MR) is 160 cm³/mol. The molecule has 2 amide bonds. The SMILES string of the molecule is CC(C)(O)Cn1ccc(NC(=O)[C@H](CC2CCCCC2)N2CC(Oc3ccccc3OCc3ccccc3)=CC2=O)n1. The molecule has 1 saturated carbocycles. The van der Waals surface area contributed by atoms with E-state index in [1.165, 1.54) is 12.5 Å². The number of amides is 2. The van der Waals surface area contributed by atoms with E-state index in [1.54, 1.807) is 35.7 Å². The second kappa shape index (κ2) is 13.2. The molecule has 0 bridgehead atoms. The highest BCUT2D eigenvalue weighted by Crippen LogP contribution is 2.33. The molecule has 42 heavy (non-hydrogen) atoms. The molecule has 1 atom stereocenters. The van der Waals surface area contributed by atoms with Crippen LogP contribution in [-0.2, 0) is 22.7 Å². The Balaban J connectivity index is 1.27. The van der Waals surface area contributed by atoms with Crippen molar-refractivity contribution in [2.75, 3.05) is 11.9 Å². The predicted octanol–water partition coefficient (Wildman–Crippen LogP) is 5.32. The van der Waals surface area contributed by atoms with Crippen LogP contribution >= 0.6 is 0 Å². The van der Waals surface area contributed by atoms with E-state index in [1.807, 2.05) is 54.6 Å². The van der Waals surface area contributed by atoms with E-state index in [-0.39, 0.29) is 18.4 Å². The van der Waals surface area contributed by atoms with Crippen LogP contribution in [0.1, 0.15) is 57.9 Å². The Labute approximate surface area is 247 Å². The van der Waals surface area contributed by atoms with Crippen molar-refractivity contribution in [2.45, 2.75) is 77.2 Å². The molecule has 2 aromatic carbocycles. The number of rotatable bonds is 12. The van der Waals surface area contributed by atoms with Gasteiger partial charge in [0, 0.05) is 18.3 Å².